The quantitative estimate of drug-likeness (QED) is 0.854. The number of carboxylic acids is 1. The molecule has 0 aliphatic carbocycles. The van der Waals surface area contributed by atoms with Crippen LogP contribution in [0.2, 0.25) is 0 Å². The van der Waals surface area contributed by atoms with Crippen LogP contribution >= 0.6 is 11.3 Å². The van der Waals surface area contributed by atoms with Crippen molar-refractivity contribution in [2.45, 2.75) is 6.42 Å². The van der Waals surface area contributed by atoms with Crippen LogP contribution in [0.25, 0.3) is 16.3 Å². The molecule has 0 radical (unpaired) electrons. The van der Waals surface area contributed by atoms with Crippen molar-refractivity contribution >= 4 is 38.7 Å². The van der Waals surface area contributed by atoms with E-state index in [-0.39, 0.29) is 6.42 Å². The van der Waals surface area contributed by atoms with Crippen LogP contribution in [0.15, 0.2) is 24.3 Å². The molecule has 0 saturated carbocycles. The Morgan fingerprint density at radius 3 is 3.12 bits per heavy atom. The van der Waals surface area contributed by atoms with Crippen LogP contribution in [0.5, 0.6) is 0 Å². The first-order valence-electron chi connectivity index (χ1n) is 4.70. The van der Waals surface area contributed by atoms with Gasteiger partial charge in [-0.1, -0.05) is 35.6 Å². The van der Waals surface area contributed by atoms with Gasteiger partial charge in [-0.3, -0.25) is 4.79 Å². The normalized spacial score (nSPS) is 11.2. The van der Waals surface area contributed by atoms with Gasteiger partial charge in [0.1, 0.15) is 0 Å². The van der Waals surface area contributed by atoms with Crippen molar-refractivity contribution in [3.63, 3.8) is 0 Å². The summed E-state index contributed by atoms with van der Waals surface area (Å²) in [7, 11) is 0. The van der Waals surface area contributed by atoms with Gasteiger partial charge in [0.15, 0.2) is 5.13 Å². The molecule has 3 N–H and O–H groups in total. The second-order valence-corrected chi connectivity index (χ2v) is 4.31. The maximum Gasteiger partial charge on any atom is 0.307 e. The number of anilines is 1. The van der Waals surface area contributed by atoms with E-state index in [2.05, 4.69) is 4.98 Å². The fourth-order valence-electron chi connectivity index (χ4n) is 1.41. The van der Waals surface area contributed by atoms with Crippen molar-refractivity contribution in [3.8, 4) is 0 Å². The lowest BCUT2D eigenvalue weighted by atomic mass is 10.2. The van der Waals surface area contributed by atoms with Crippen LogP contribution in [0, 0.1) is 0 Å². The van der Waals surface area contributed by atoms with Crippen molar-refractivity contribution in [1.29, 1.82) is 0 Å². The van der Waals surface area contributed by atoms with Crippen LogP contribution in [-0.2, 0) is 4.79 Å². The number of nitrogens with zero attached hydrogens (tertiary/aromatic N) is 1. The van der Waals surface area contributed by atoms with Gasteiger partial charge in [-0.05, 0) is 6.07 Å². The minimum absolute atomic E-state index is 0.00993. The van der Waals surface area contributed by atoms with Crippen molar-refractivity contribution in [1.82, 2.24) is 4.98 Å². The second kappa shape index (κ2) is 4.32. The summed E-state index contributed by atoms with van der Waals surface area (Å²) >= 11 is 1.42. The summed E-state index contributed by atoms with van der Waals surface area (Å²) in [5.41, 5.74) is 7.35. The lowest BCUT2D eigenvalue weighted by Crippen LogP contribution is -1.89. The molecule has 4 nitrogen and oxygen atoms in total. The van der Waals surface area contributed by atoms with Crippen molar-refractivity contribution in [2.75, 3.05) is 5.73 Å². The van der Waals surface area contributed by atoms with E-state index in [1.54, 1.807) is 12.2 Å². The van der Waals surface area contributed by atoms with Crippen LogP contribution in [0.3, 0.4) is 0 Å². The molecule has 0 atom stereocenters. The Kier molecular flexibility index (Phi) is 2.87. The van der Waals surface area contributed by atoms with Gasteiger partial charge in [0.2, 0.25) is 0 Å². The maximum absolute atomic E-state index is 10.4. The third-order valence-corrected chi connectivity index (χ3v) is 2.91. The Balaban J connectivity index is 2.36. The van der Waals surface area contributed by atoms with Gasteiger partial charge in [-0.15, -0.1) is 0 Å². The molecule has 16 heavy (non-hydrogen) atoms. The fourth-order valence-corrected chi connectivity index (χ4v) is 2.18. The Hall–Kier alpha value is -1.88. The summed E-state index contributed by atoms with van der Waals surface area (Å²) in [4.78, 5) is 14.6. The molecule has 0 aliphatic heterocycles. The summed E-state index contributed by atoms with van der Waals surface area (Å²) in [6, 6.07) is 5.73. The smallest absolute Gasteiger partial charge is 0.307 e. The maximum atomic E-state index is 10.4. The van der Waals surface area contributed by atoms with Gasteiger partial charge in [0, 0.05) is 5.56 Å². The molecule has 0 spiro atoms. The largest absolute Gasteiger partial charge is 0.481 e. The van der Waals surface area contributed by atoms with E-state index in [1.807, 2.05) is 18.2 Å². The highest BCUT2D eigenvalue weighted by Crippen LogP contribution is 2.26. The summed E-state index contributed by atoms with van der Waals surface area (Å²) in [6.45, 7) is 0. The number of hydrogen-bond donors (Lipinski definition) is 2. The predicted octanol–water partition coefficient (Wildman–Crippen LogP) is 2.37. The van der Waals surface area contributed by atoms with E-state index in [9.17, 15) is 4.79 Å². The second-order valence-electron chi connectivity index (χ2n) is 3.25. The molecule has 0 bridgehead atoms. The number of nitrogen functional groups attached to an aromatic ring is 1. The minimum atomic E-state index is -0.846. The number of hydrogen-bond acceptors (Lipinski definition) is 4. The molecule has 0 aliphatic rings. The number of fused-ring (bicyclic) bond motifs is 1. The summed E-state index contributed by atoms with van der Waals surface area (Å²) in [5, 5.41) is 9.05. The first-order chi connectivity index (χ1) is 7.66. The van der Waals surface area contributed by atoms with E-state index >= 15 is 0 Å². The Bertz CT molecular complexity index is 560. The highest BCUT2D eigenvalue weighted by atomic mass is 32.1. The molecule has 1 aromatic heterocycles. The Morgan fingerprint density at radius 2 is 2.38 bits per heavy atom. The SMILES string of the molecule is Nc1nc2c(C=CCC(=O)O)cccc2s1. The van der Waals surface area contributed by atoms with Gasteiger partial charge >= 0.3 is 5.97 Å². The van der Waals surface area contributed by atoms with E-state index in [0.29, 0.717) is 5.13 Å². The molecule has 0 saturated heterocycles. The number of benzene rings is 1. The van der Waals surface area contributed by atoms with Crippen molar-refractivity contribution in [2.24, 2.45) is 0 Å². The lowest BCUT2D eigenvalue weighted by Gasteiger charge is -1.94. The van der Waals surface area contributed by atoms with Gasteiger partial charge in [-0.25, -0.2) is 4.98 Å². The fraction of sp³-hybridized carbons (Fsp3) is 0.0909. The van der Waals surface area contributed by atoms with Crippen molar-refractivity contribution in [3.05, 3.63) is 29.8 Å². The molecule has 2 aromatic rings. The zero-order chi connectivity index (χ0) is 11.5. The summed E-state index contributed by atoms with van der Waals surface area (Å²) < 4.78 is 1.01. The molecule has 5 heteroatoms. The summed E-state index contributed by atoms with van der Waals surface area (Å²) in [6.07, 6.45) is 3.37. The number of para-hydroxylation sites is 1. The monoisotopic (exact) mass is 234 g/mol. The number of nitrogens with two attached hydrogens (primary N) is 1. The topological polar surface area (TPSA) is 76.2 Å². The average molecular weight is 234 g/mol. The van der Waals surface area contributed by atoms with Gasteiger partial charge in [0.05, 0.1) is 16.6 Å². The highest BCUT2D eigenvalue weighted by Gasteiger charge is 2.03. The zero-order valence-electron chi connectivity index (χ0n) is 8.38. The third-order valence-electron chi connectivity index (χ3n) is 2.06. The highest BCUT2D eigenvalue weighted by molar-refractivity contribution is 7.22. The van der Waals surface area contributed by atoms with Crippen LogP contribution in [0.4, 0.5) is 5.13 Å². The number of rotatable bonds is 3. The van der Waals surface area contributed by atoms with E-state index in [0.717, 1.165) is 15.8 Å². The minimum Gasteiger partial charge on any atom is -0.481 e. The van der Waals surface area contributed by atoms with Crippen LogP contribution < -0.4 is 5.73 Å². The van der Waals surface area contributed by atoms with Crippen LogP contribution in [0.1, 0.15) is 12.0 Å². The molecule has 1 heterocycles. The molecule has 0 unspecified atom stereocenters. The van der Waals surface area contributed by atoms with E-state index < -0.39 is 5.97 Å². The molecule has 82 valence electrons. The number of thiazole rings is 1. The van der Waals surface area contributed by atoms with Gasteiger partial charge < -0.3 is 10.8 Å². The molecule has 0 fully saturated rings. The number of aromatic nitrogens is 1. The first kappa shape index (κ1) is 10.6. The number of carbonyl (C=O) groups is 1. The van der Waals surface area contributed by atoms with Gasteiger partial charge in [-0.2, -0.15) is 0 Å². The van der Waals surface area contributed by atoms with Crippen molar-refractivity contribution < 1.29 is 9.90 Å². The first-order valence-corrected chi connectivity index (χ1v) is 5.52. The van der Waals surface area contributed by atoms with E-state index in [4.69, 9.17) is 10.8 Å². The van der Waals surface area contributed by atoms with Crippen LogP contribution in [-0.4, -0.2) is 16.1 Å². The van der Waals surface area contributed by atoms with E-state index in [1.165, 1.54) is 11.3 Å². The third kappa shape index (κ3) is 2.20. The molecule has 2 rings (SSSR count). The molecular weight excluding hydrogens is 224 g/mol. The molecule has 0 amide bonds. The Morgan fingerprint density at radius 1 is 1.56 bits per heavy atom. The Labute approximate surface area is 96.0 Å². The predicted molar refractivity (Wildman–Crippen MR) is 65.3 cm³/mol. The molecular formula is C11H10N2O2S. The standard InChI is InChI=1S/C11H10N2O2S/c12-11-13-10-7(4-2-6-9(14)15)3-1-5-8(10)16-11/h1-5H,6H2,(H2,12,13)(H,14,15). The lowest BCUT2D eigenvalue weighted by molar-refractivity contribution is -0.135. The van der Waals surface area contributed by atoms with Gasteiger partial charge in [0.25, 0.3) is 0 Å². The average Bonchev–Trinajstić information content (AvgIpc) is 2.58. The number of carboxylic acid groups (broad SMARTS) is 1. The molecule has 1 aromatic carbocycles. The zero-order valence-corrected chi connectivity index (χ0v) is 9.20. The summed E-state index contributed by atoms with van der Waals surface area (Å²) in [5.74, 6) is -0.846. The number of aliphatic carboxylic acids is 1.